The number of benzene rings is 1. The van der Waals surface area contributed by atoms with Gasteiger partial charge in [0.1, 0.15) is 5.60 Å². The van der Waals surface area contributed by atoms with Crippen molar-refractivity contribution >= 4 is 12.1 Å². The van der Waals surface area contributed by atoms with E-state index in [4.69, 9.17) is 9.47 Å². The molecule has 1 aromatic rings. The van der Waals surface area contributed by atoms with Crippen LogP contribution in [-0.2, 0) is 14.3 Å². The Balaban J connectivity index is 2.10. The summed E-state index contributed by atoms with van der Waals surface area (Å²) in [7, 11) is 0. The lowest BCUT2D eigenvalue weighted by atomic mass is 10.0. The number of hydrogen-bond donors (Lipinski definition) is 1. The summed E-state index contributed by atoms with van der Waals surface area (Å²) < 4.78 is 10.7. The average molecular weight is 362 g/mol. The summed E-state index contributed by atoms with van der Waals surface area (Å²) in [5.74, 6) is -0.690. The standard InChI is InChI=1S/C20H30N2O4/c1-6-25-18(23)16-12-22(19(24)26-20(3,4)5)13-17(16)21-14(2)15-10-8-7-9-11-15/h7-11,14,16-17,21H,6,12-13H2,1-5H3/t14-,16+,17+/m1/s1. The van der Waals surface area contributed by atoms with E-state index in [0.29, 0.717) is 19.7 Å². The number of ether oxygens (including phenoxy) is 2. The van der Waals surface area contributed by atoms with Crippen molar-refractivity contribution in [1.82, 2.24) is 10.2 Å². The zero-order valence-corrected chi connectivity index (χ0v) is 16.3. The maximum Gasteiger partial charge on any atom is 0.410 e. The molecule has 1 aromatic carbocycles. The Morgan fingerprint density at radius 3 is 2.46 bits per heavy atom. The van der Waals surface area contributed by atoms with E-state index in [1.165, 1.54) is 0 Å². The van der Waals surface area contributed by atoms with Gasteiger partial charge in [-0.1, -0.05) is 30.3 Å². The number of nitrogens with zero attached hydrogens (tertiary/aromatic N) is 1. The Morgan fingerprint density at radius 2 is 1.88 bits per heavy atom. The number of nitrogens with one attached hydrogen (secondary N) is 1. The lowest BCUT2D eigenvalue weighted by Gasteiger charge is -2.25. The van der Waals surface area contributed by atoms with Gasteiger partial charge in [0.15, 0.2) is 0 Å². The molecule has 0 radical (unpaired) electrons. The fraction of sp³-hybridized carbons (Fsp3) is 0.600. The molecule has 1 aliphatic rings. The molecule has 1 heterocycles. The summed E-state index contributed by atoms with van der Waals surface area (Å²) >= 11 is 0. The van der Waals surface area contributed by atoms with Gasteiger partial charge in [-0.3, -0.25) is 4.79 Å². The van der Waals surface area contributed by atoms with Crippen LogP contribution in [0.1, 0.15) is 46.2 Å². The molecule has 0 aromatic heterocycles. The third-order valence-corrected chi connectivity index (χ3v) is 4.32. The van der Waals surface area contributed by atoms with Crippen LogP contribution in [0.25, 0.3) is 0 Å². The lowest BCUT2D eigenvalue weighted by Crippen LogP contribution is -2.41. The summed E-state index contributed by atoms with van der Waals surface area (Å²) in [5, 5.41) is 3.48. The van der Waals surface area contributed by atoms with Crippen LogP contribution in [0.4, 0.5) is 4.79 Å². The first-order chi connectivity index (χ1) is 12.2. The Hall–Kier alpha value is -2.08. The predicted octanol–water partition coefficient (Wildman–Crippen LogP) is 3.14. The first kappa shape index (κ1) is 20.2. The topological polar surface area (TPSA) is 67.9 Å². The molecule has 0 aliphatic carbocycles. The highest BCUT2D eigenvalue weighted by atomic mass is 16.6. The zero-order valence-electron chi connectivity index (χ0n) is 16.3. The summed E-state index contributed by atoms with van der Waals surface area (Å²) in [6.07, 6.45) is -0.400. The Morgan fingerprint density at radius 1 is 1.23 bits per heavy atom. The van der Waals surface area contributed by atoms with Crippen LogP contribution >= 0.6 is 0 Å². The molecule has 6 heteroatoms. The Labute approximate surface area is 155 Å². The van der Waals surface area contributed by atoms with Gasteiger partial charge in [0, 0.05) is 25.2 Å². The molecule has 144 valence electrons. The highest BCUT2D eigenvalue weighted by Crippen LogP contribution is 2.24. The van der Waals surface area contributed by atoms with E-state index < -0.39 is 17.6 Å². The molecule has 0 spiro atoms. The predicted molar refractivity (Wildman–Crippen MR) is 99.7 cm³/mol. The minimum absolute atomic E-state index is 0.0525. The van der Waals surface area contributed by atoms with Crippen molar-refractivity contribution < 1.29 is 19.1 Å². The SMILES string of the molecule is CCOC(=O)[C@H]1CN(C(=O)OC(C)(C)C)C[C@@H]1N[C@H](C)c1ccccc1. The lowest BCUT2D eigenvalue weighted by molar-refractivity contribution is -0.148. The number of carbonyl (C=O) groups is 2. The second kappa shape index (κ2) is 8.54. The quantitative estimate of drug-likeness (QED) is 0.815. The van der Waals surface area contributed by atoms with Crippen LogP contribution < -0.4 is 5.32 Å². The summed E-state index contributed by atoms with van der Waals surface area (Å²) in [4.78, 5) is 26.4. The van der Waals surface area contributed by atoms with Gasteiger partial charge >= 0.3 is 12.1 Å². The van der Waals surface area contributed by atoms with Crippen LogP contribution in [0, 0.1) is 5.92 Å². The molecule has 3 atom stereocenters. The van der Waals surface area contributed by atoms with Gasteiger partial charge in [-0.15, -0.1) is 0 Å². The van der Waals surface area contributed by atoms with Crippen LogP contribution in [0.15, 0.2) is 30.3 Å². The summed E-state index contributed by atoms with van der Waals surface area (Å²) in [6, 6.07) is 9.89. The fourth-order valence-corrected chi connectivity index (χ4v) is 3.10. The smallest absolute Gasteiger partial charge is 0.410 e. The third-order valence-electron chi connectivity index (χ3n) is 4.32. The number of rotatable bonds is 5. The van der Waals surface area contributed by atoms with E-state index in [1.54, 1.807) is 11.8 Å². The second-order valence-electron chi connectivity index (χ2n) is 7.65. The number of esters is 1. The Bertz CT molecular complexity index is 612. The van der Waals surface area contributed by atoms with E-state index in [9.17, 15) is 9.59 Å². The molecule has 2 rings (SSSR count). The van der Waals surface area contributed by atoms with Crippen LogP contribution in [0.2, 0.25) is 0 Å². The second-order valence-corrected chi connectivity index (χ2v) is 7.65. The zero-order chi connectivity index (χ0) is 19.3. The van der Waals surface area contributed by atoms with E-state index in [-0.39, 0.29) is 18.1 Å². The van der Waals surface area contributed by atoms with Crippen LogP contribution in [0.3, 0.4) is 0 Å². The molecule has 1 aliphatic heterocycles. The van der Waals surface area contributed by atoms with Gasteiger partial charge in [-0.2, -0.15) is 0 Å². The monoisotopic (exact) mass is 362 g/mol. The number of likely N-dealkylation sites (tertiary alicyclic amines) is 1. The highest BCUT2D eigenvalue weighted by molar-refractivity contribution is 5.77. The molecular formula is C20H30N2O4. The van der Waals surface area contributed by atoms with Gasteiger partial charge in [-0.25, -0.2) is 4.79 Å². The summed E-state index contributed by atoms with van der Waals surface area (Å²) in [5.41, 5.74) is 0.560. The molecule has 1 saturated heterocycles. The Kier molecular flexibility index (Phi) is 6.64. The maximum absolute atomic E-state index is 12.4. The minimum atomic E-state index is -0.570. The van der Waals surface area contributed by atoms with Gasteiger partial charge < -0.3 is 19.7 Å². The van der Waals surface area contributed by atoms with Crippen molar-refractivity contribution in [3.05, 3.63) is 35.9 Å². The first-order valence-electron chi connectivity index (χ1n) is 9.17. The molecule has 0 saturated carbocycles. The van der Waals surface area contributed by atoms with Crippen molar-refractivity contribution in [3.8, 4) is 0 Å². The number of amides is 1. The molecule has 26 heavy (non-hydrogen) atoms. The van der Waals surface area contributed by atoms with Crippen molar-refractivity contribution in [2.45, 2.75) is 52.3 Å². The van der Waals surface area contributed by atoms with Crippen molar-refractivity contribution in [3.63, 3.8) is 0 Å². The molecule has 1 amide bonds. The number of carbonyl (C=O) groups excluding carboxylic acids is 2. The van der Waals surface area contributed by atoms with Crippen LogP contribution in [-0.4, -0.2) is 48.3 Å². The first-order valence-corrected chi connectivity index (χ1v) is 9.17. The molecule has 0 bridgehead atoms. The van der Waals surface area contributed by atoms with Gasteiger partial charge in [0.2, 0.25) is 0 Å². The van der Waals surface area contributed by atoms with E-state index in [2.05, 4.69) is 5.32 Å². The van der Waals surface area contributed by atoms with Gasteiger partial charge in [0.25, 0.3) is 0 Å². The summed E-state index contributed by atoms with van der Waals surface area (Å²) in [6.45, 7) is 10.4. The molecule has 1 N–H and O–H groups in total. The van der Waals surface area contributed by atoms with E-state index in [1.807, 2.05) is 58.0 Å². The third kappa shape index (κ3) is 5.46. The van der Waals surface area contributed by atoms with Gasteiger partial charge in [-0.05, 0) is 40.2 Å². The molecule has 0 unspecified atom stereocenters. The average Bonchev–Trinajstić information content (AvgIpc) is 2.98. The number of hydrogen-bond acceptors (Lipinski definition) is 5. The largest absolute Gasteiger partial charge is 0.466 e. The molecular weight excluding hydrogens is 332 g/mol. The maximum atomic E-state index is 12.4. The van der Waals surface area contributed by atoms with Crippen molar-refractivity contribution in [2.75, 3.05) is 19.7 Å². The normalized spacial score (nSPS) is 21.3. The van der Waals surface area contributed by atoms with Gasteiger partial charge in [0.05, 0.1) is 12.5 Å². The van der Waals surface area contributed by atoms with E-state index in [0.717, 1.165) is 5.56 Å². The molecule has 6 nitrogen and oxygen atoms in total. The van der Waals surface area contributed by atoms with Crippen molar-refractivity contribution in [2.24, 2.45) is 5.92 Å². The van der Waals surface area contributed by atoms with Crippen LogP contribution in [0.5, 0.6) is 0 Å². The van der Waals surface area contributed by atoms with Crippen molar-refractivity contribution in [1.29, 1.82) is 0 Å². The highest BCUT2D eigenvalue weighted by Gasteiger charge is 2.42. The van der Waals surface area contributed by atoms with E-state index >= 15 is 0 Å². The minimum Gasteiger partial charge on any atom is -0.466 e. The molecule has 1 fully saturated rings. The fourth-order valence-electron chi connectivity index (χ4n) is 3.10.